The van der Waals surface area contributed by atoms with Crippen LogP contribution in [0.3, 0.4) is 0 Å². The van der Waals surface area contributed by atoms with E-state index in [1.165, 1.54) is 4.31 Å². The van der Waals surface area contributed by atoms with Crippen LogP contribution in [0.1, 0.15) is 45.6 Å². The van der Waals surface area contributed by atoms with Gasteiger partial charge in [0.1, 0.15) is 11.6 Å². The van der Waals surface area contributed by atoms with Crippen molar-refractivity contribution in [1.29, 1.82) is 0 Å². The fourth-order valence-corrected chi connectivity index (χ4v) is 8.36. The maximum atomic E-state index is 13.4. The highest BCUT2D eigenvalue weighted by Gasteiger charge is 2.65. The molecule has 3 atom stereocenters. The van der Waals surface area contributed by atoms with E-state index in [0.717, 1.165) is 18.7 Å². The number of rotatable bonds is 4. The Balaban J connectivity index is 1.51. The number of anilines is 1. The van der Waals surface area contributed by atoms with Crippen molar-refractivity contribution >= 4 is 33.2 Å². The van der Waals surface area contributed by atoms with Gasteiger partial charge in [-0.3, -0.25) is 4.79 Å². The van der Waals surface area contributed by atoms with Crippen LogP contribution in [0.25, 0.3) is 0 Å². The smallest absolute Gasteiger partial charge is 0.350 e. The number of hydrogen-bond donors (Lipinski definition) is 0. The number of aromatic nitrogens is 1. The number of alkyl halides is 3. The maximum absolute atomic E-state index is 13.4. The van der Waals surface area contributed by atoms with Crippen molar-refractivity contribution < 1.29 is 26.4 Å². The third kappa shape index (κ3) is 3.62. The van der Waals surface area contributed by atoms with Crippen molar-refractivity contribution in [1.82, 2.24) is 9.29 Å². The molecule has 11 heteroatoms. The second kappa shape index (κ2) is 7.56. The van der Waals surface area contributed by atoms with Crippen LogP contribution in [0.4, 0.5) is 19.0 Å². The predicted molar refractivity (Wildman–Crippen MR) is 115 cm³/mol. The van der Waals surface area contributed by atoms with Gasteiger partial charge in [0.15, 0.2) is 0 Å². The summed E-state index contributed by atoms with van der Waals surface area (Å²) in [5, 5.41) is -0.128. The molecule has 2 bridgehead atoms. The van der Waals surface area contributed by atoms with E-state index in [1.807, 2.05) is 13.8 Å². The summed E-state index contributed by atoms with van der Waals surface area (Å²) in [4.78, 5) is 18.4. The third-order valence-corrected chi connectivity index (χ3v) is 10.2. The summed E-state index contributed by atoms with van der Waals surface area (Å²) in [5.41, 5.74) is -2.12. The summed E-state index contributed by atoms with van der Waals surface area (Å²) in [6, 6.07) is 0.491. The third-order valence-electron chi connectivity index (χ3n) is 7.97. The quantitative estimate of drug-likeness (QED) is 0.634. The van der Waals surface area contributed by atoms with Crippen LogP contribution in [0.2, 0.25) is 5.02 Å². The number of halogens is 4. The van der Waals surface area contributed by atoms with E-state index in [0.29, 0.717) is 12.8 Å². The molecule has 178 valence electrons. The number of carbonyl (C=O) groups is 1. The van der Waals surface area contributed by atoms with Crippen LogP contribution in [0.15, 0.2) is 12.3 Å². The van der Waals surface area contributed by atoms with Gasteiger partial charge in [-0.15, -0.1) is 0 Å². The number of hydrogen-bond acceptors (Lipinski definition) is 5. The van der Waals surface area contributed by atoms with Crippen LogP contribution < -0.4 is 4.90 Å². The van der Waals surface area contributed by atoms with Crippen molar-refractivity contribution in [2.45, 2.75) is 52.3 Å². The molecule has 0 amide bonds. The Labute approximate surface area is 191 Å². The molecule has 2 saturated carbocycles. The van der Waals surface area contributed by atoms with E-state index in [9.17, 15) is 26.4 Å². The zero-order chi connectivity index (χ0) is 23.7. The van der Waals surface area contributed by atoms with E-state index in [-0.39, 0.29) is 59.4 Å². The van der Waals surface area contributed by atoms with E-state index < -0.39 is 27.2 Å². The number of nitrogens with zero attached hydrogens (tertiary/aromatic N) is 3. The molecule has 3 aliphatic rings. The molecule has 6 nitrogen and oxygen atoms in total. The summed E-state index contributed by atoms with van der Waals surface area (Å²) in [7, 11) is -3.71. The fraction of sp³-hybridized carbons (Fsp3) is 0.714. The largest absolute Gasteiger partial charge is 0.417 e. The van der Waals surface area contributed by atoms with Crippen LogP contribution in [-0.2, 0) is 21.0 Å². The Morgan fingerprint density at radius 3 is 2.47 bits per heavy atom. The van der Waals surface area contributed by atoms with Gasteiger partial charge in [-0.25, -0.2) is 13.4 Å². The van der Waals surface area contributed by atoms with Crippen molar-refractivity contribution in [3.8, 4) is 0 Å². The Hall–Kier alpha value is -1.39. The number of pyridine rings is 1. The number of fused-ring (bicyclic) bond motifs is 2. The first-order valence-electron chi connectivity index (χ1n) is 10.7. The monoisotopic (exact) mass is 493 g/mol. The molecule has 0 unspecified atom stereocenters. The molecule has 4 rings (SSSR count). The van der Waals surface area contributed by atoms with Crippen LogP contribution in [-0.4, -0.2) is 54.9 Å². The van der Waals surface area contributed by atoms with Crippen molar-refractivity contribution in [3.63, 3.8) is 0 Å². The highest BCUT2D eigenvalue weighted by Crippen LogP contribution is 2.64. The number of sulfonamides is 1. The SMILES string of the molecule is C[C@H]1CN(S(=O)(=O)C[C@@]23CC[C@H](CC2=O)C3(C)C)CCN1c1ncc(C(F)(F)F)cc1Cl. The number of piperazine rings is 1. The Morgan fingerprint density at radius 1 is 1.28 bits per heavy atom. The molecule has 2 heterocycles. The average molecular weight is 494 g/mol. The summed E-state index contributed by atoms with van der Waals surface area (Å²) in [6.07, 6.45) is -1.89. The zero-order valence-electron chi connectivity index (χ0n) is 18.2. The van der Waals surface area contributed by atoms with E-state index in [4.69, 9.17) is 11.6 Å². The Kier molecular flexibility index (Phi) is 5.61. The number of Topliss-reactive ketones (excluding diaryl/α,β-unsaturated/α-hetero) is 1. The lowest BCUT2D eigenvalue weighted by atomic mass is 9.70. The first kappa shape index (κ1) is 23.8. The second-order valence-electron chi connectivity index (χ2n) is 9.85. The molecule has 0 spiro atoms. The molecular weight excluding hydrogens is 467 g/mol. The summed E-state index contributed by atoms with van der Waals surface area (Å²) < 4.78 is 66.8. The standard InChI is InChI=1S/C21H27ClF3N3O3S/c1-13-11-27(6-7-28(13)18-16(22)8-15(10-26-18)21(23,24)25)32(30,31)12-20-5-4-14(9-17(20)29)19(20,2)3/h8,10,13-14H,4-7,9,11-12H2,1-3H3/t13-,14+,20-/m0/s1. The molecule has 0 N–H and O–H groups in total. The van der Waals surface area contributed by atoms with Crippen molar-refractivity contribution in [2.75, 3.05) is 30.3 Å². The van der Waals surface area contributed by atoms with Gasteiger partial charge >= 0.3 is 6.18 Å². The van der Waals surface area contributed by atoms with Gasteiger partial charge < -0.3 is 4.90 Å². The minimum atomic E-state index is -4.54. The molecular formula is C21H27ClF3N3O3S. The predicted octanol–water partition coefficient (Wildman–Crippen LogP) is 3.99. The normalized spacial score (nSPS) is 30.8. The summed E-state index contributed by atoms with van der Waals surface area (Å²) >= 11 is 6.09. The molecule has 0 radical (unpaired) electrons. The highest BCUT2D eigenvalue weighted by molar-refractivity contribution is 7.89. The van der Waals surface area contributed by atoms with Crippen molar-refractivity contribution in [3.05, 3.63) is 22.8 Å². The molecule has 3 fully saturated rings. The molecule has 1 aromatic heterocycles. The highest BCUT2D eigenvalue weighted by atomic mass is 35.5. The Bertz CT molecular complexity index is 1050. The zero-order valence-corrected chi connectivity index (χ0v) is 19.8. The van der Waals surface area contributed by atoms with Gasteiger partial charge in [0.2, 0.25) is 10.0 Å². The maximum Gasteiger partial charge on any atom is 0.417 e. The van der Waals surface area contributed by atoms with Gasteiger partial charge in [0.05, 0.1) is 16.3 Å². The summed E-state index contributed by atoms with van der Waals surface area (Å²) in [5.74, 6) is 0.297. The van der Waals surface area contributed by atoms with Gasteiger partial charge in [-0.2, -0.15) is 17.5 Å². The van der Waals surface area contributed by atoms with Crippen LogP contribution in [0.5, 0.6) is 0 Å². The molecule has 1 saturated heterocycles. The van der Waals surface area contributed by atoms with Crippen molar-refractivity contribution in [2.24, 2.45) is 16.7 Å². The number of ketones is 1. The molecule has 2 aliphatic carbocycles. The number of carbonyl (C=O) groups excluding carboxylic acids is 1. The summed E-state index contributed by atoms with van der Waals surface area (Å²) in [6.45, 7) is 6.33. The lowest BCUT2D eigenvalue weighted by Crippen LogP contribution is -2.56. The first-order chi connectivity index (χ1) is 14.7. The fourth-order valence-electron chi connectivity index (χ4n) is 5.80. The van der Waals surface area contributed by atoms with E-state index >= 15 is 0 Å². The van der Waals surface area contributed by atoms with Gasteiger partial charge in [-0.05, 0) is 37.2 Å². The van der Waals surface area contributed by atoms with Gasteiger partial charge in [0, 0.05) is 43.7 Å². The van der Waals surface area contributed by atoms with Gasteiger partial charge in [0.25, 0.3) is 0 Å². The Morgan fingerprint density at radius 2 is 1.97 bits per heavy atom. The van der Waals surface area contributed by atoms with Crippen LogP contribution >= 0.6 is 11.6 Å². The van der Waals surface area contributed by atoms with Gasteiger partial charge in [-0.1, -0.05) is 25.4 Å². The first-order valence-corrected chi connectivity index (χ1v) is 12.7. The van der Waals surface area contributed by atoms with Crippen LogP contribution in [0, 0.1) is 16.7 Å². The topological polar surface area (TPSA) is 70.6 Å². The minimum absolute atomic E-state index is 0.0507. The average Bonchev–Trinajstić information content (AvgIpc) is 3.01. The minimum Gasteiger partial charge on any atom is -0.350 e. The van der Waals surface area contributed by atoms with E-state index in [2.05, 4.69) is 4.98 Å². The molecule has 32 heavy (non-hydrogen) atoms. The lowest BCUT2D eigenvalue weighted by Gasteiger charge is -2.42. The molecule has 1 aliphatic heterocycles. The molecule has 1 aromatic rings. The lowest BCUT2D eigenvalue weighted by molar-refractivity contribution is -0.137. The second-order valence-corrected chi connectivity index (χ2v) is 12.2. The van der Waals surface area contributed by atoms with E-state index in [1.54, 1.807) is 11.8 Å². The molecule has 0 aromatic carbocycles.